The Morgan fingerprint density at radius 3 is 2.69 bits per heavy atom. The number of hydrogen-bond acceptors (Lipinski definition) is 2. The highest BCUT2D eigenvalue weighted by Crippen LogP contribution is 2.27. The number of benzene rings is 1. The molecule has 0 amide bonds. The van der Waals surface area contributed by atoms with Crippen molar-refractivity contribution in [2.24, 2.45) is 5.73 Å². The van der Waals surface area contributed by atoms with Gasteiger partial charge in [0.1, 0.15) is 11.9 Å². The van der Waals surface area contributed by atoms with Crippen LogP contribution in [0.25, 0.3) is 0 Å². The van der Waals surface area contributed by atoms with E-state index < -0.39 is 0 Å². The molecular weight excluding hydrogens is 222 g/mol. The average molecular weight is 240 g/mol. The number of para-hydroxylation sites is 1. The third kappa shape index (κ3) is 2.89. The Morgan fingerprint density at radius 1 is 1.12 bits per heavy atom. The van der Waals surface area contributed by atoms with E-state index in [-0.39, 0.29) is 12.1 Å². The van der Waals surface area contributed by atoms with E-state index >= 15 is 0 Å². The van der Waals surface area contributed by atoms with Crippen molar-refractivity contribution in [3.63, 3.8) is 0 Å². The Bertz CT molecular complexity index is 342. The average Bonchev–Trinajstić information content (AvgIpc) is 2.48. The largest absolute Gasteiger partial charge is 0.487 e. The van der Waals surface area contributed by atoms with E-state index in [1.54, 1.807) is 0 Å². The van der Waals surface area contributed by atoms with Gasteiger partial charge < -0.3 is 10.5 Å². The van der Waals surface area contributed by atoms with Crippen LogP contribution in [-0.2, 0) is 0 Å². The molecule has 0 spiro atoms. The van der Waals surface area contributed by atoms with Crippen molar-refractivity contribution in [3.05, 3.63) is 29.3 Å². The third-order valence-corrected chi connectivity index (χ3v) is 3.43. The van der Waals surface area contributed by atoms with Gasteiger partial charge in [-0.15, -0.1) is 0 Å². The van der Waals surface area contributed by atoms with Crippen LogP contribution in [0.3, 0.4) is 0 Å². The first-order valence-corrected chi connectivity index (χ1v) is 6.32. The fourth-order valence-corrected chi connectivity index (χ4v) is 2.33. The van der Waals surface area contributed by atoms with Gasteiger partial charge in [0, 0.05) is 6.04 Å². The molecule has 0 aromatic heterocycles. The second kappa shape index (κ2) is 5.55. The van der Waals surface area contributed by atoms with Crippen LogP contribution in [0.2, 0.25) is 5.02 Å². The lowest BCUT2D eigenvalue weighted by Crippen LogP contribution is -2.37. The normalized spacial score (nSPS) is 26.1. The van der Waals surface area contributed by atoms with Gasteiger partial charge >= 0.3 is 0 Å². The van der Waals surface area contributed by atoms with E-state index in [1.807, 2.05) is 24.3 Å². The van der Waals surface area contributed by atoms with Gasteiger partial charge in [-0.3, -0.25) is 0 Å². The predicted octanol–water partition coefficient (Wildman–Crippen LogP) is 3.38. The Kier molecular flexibility index (Phi) is 4.08. The lowest BCUT2D eigenvalue weighted by Gasteiger charge is -2.23. The minimum atomic E-state index is 0.113. The second-order valence-corrected chi connectivity index (χ2v) is 4.80. The van der Waals surface area contributed by atoms with Crippen molar-refractivity contribution < 1.29 is 4.74 Å². The molecule has 0 bridgehead atoms. The van der Waals surface area contributed by atoms with E-state index in [1.165, 1.54) is 19.3 Å². The Hall–Kier alpha value is -0.730. The minimum Gasteiger partial charge on any atom is -0.487 e. The monoisotopic (exact) mass is 239 g/mol. The molecule has 1 aliphatic carbocycles. The maximum Gasteiger partial charge on any atom is 0.138 e. The highest BCUT2D eigenvalue weighted by Gasteiger charge is 2.22. The van der Waals surface area contributed by atoms with Crippen molar-refractivity contribution >= 4 is 11.6 Å². The summed E-state index contributed by atoms with van der Waals surface area (Å²) in [4.78, 5) is 0. The van der Waals surface area contributed by atoms with E-state index in [2.05, 4.69) is 0 Å². The first-order chi connectivity index (χ1) is 7.77. The standard InChI is InChI=1S/C13H18ClNO/c14-10-6-4-5-8-12(10)16-13-9-3-1-2-7-11(13)15/h4-6,8,11,13H,1-3,7,9,15H2/t11-,13+/m1/s1. The molecule has 0 saturated heterocycles. The molecule has 88 valence electrons. The smallest absolute Gasteiger partial charge is 0.138 e. The summed E-state index contributed by atoms with van der Waals surface area (Å²) in [6.45, 7) is 0. The number of halogens is 1. The summed E-state index contributed by atoms with van der Waals surface area (Å²) in [6.07, 6.45) is 5.87. The maximum absolute atomic E-state index is 6.11. The van der Waals surface area contributed by atoms with E-state index in [0.717, 1.165) is 18.6 Å². The SMILES string of the molecule is N[C@@H]1CCCCC[C@@H]1Oc1ccccc1Cl. The molecule has 1 fully saturated rings. The Balaban J connectivity index is 2.05. The zero-order valence-corrected chi connectivity index (χ0v) is 10.1. The molecule has 2 atom stereocenters. The van der Waals surface area contributed by atoms with Gasteiger partial charge in [-0.05, 0) is 31.4 Å². The quantitative estimate of drug-likeness (QED) is 0.803. The molecular formula is C13H18ClNO. The zero-order chi connectivity index (χ0) is 11.4. The van der Waals surface area contributed by atoms with Gasteiger partial charge in [-0.25, -0.2) is 0 Å². The van der Waals surface area contributed by atoms with Crippen molar-refractivity contribution in [2.45, 2.75) is 44.2 Å². The molecule has 16 heavy (non-hydrogen) atoms. The molecule has 2 nitrogen and oxygen atoms in total. The fourth-order valence-electron chi connectivity index (χ4n) is 2.15. The van der Waals surface area contributed by atoms with Crippen molar-refractivity contribution in [2.75, 3.05) is 0 Å². The topological polar surface area (TPSA) is 35.2 Å². The van der Waals surface area contributed by atoms with Crippen molar-refractivity contribution in [1.82, 2.24) is 0 Å². The zero-order valence-electron chi connectivity index (χ0n) is 9.36. The van der Waals surface area contributed by atoms with Gasteiger partial charge in [0.25, 0.3) is 0 Å². The molecule has 1 aliphatic rings. The van der Waals surface area contributed by atoms with E-state index in [0.29, 0.717) is 5.02 Å². The second-order valence-electron chi connectivity index (χ2n) is 4.39. The van der Waals surface area contributed by atoms with Crippen molar-refractivity contribution in [3.8, 4) is 5.75 Å². The van der Waals surface area contributed by atoms with Crippen LogP contribution < -0.4 is 10.5 Å². The molecule has 0 radical (unpaired) electrons. The van der Waals surface area contributed by atoms with Crippen LogP contribution >= 0.6 is 11.6 Å². The molecule has 1 saturated carbocycles. The summed E-state index contributed by atoms with van der Waals surface area (Å²) >= 11 is 6.07. The summed E-state index contributed by atoms with van der Waals surface area (Å²) < 4.78 is 5.92. The number of nitrogens with two attached hydrogens (primary N) is 1. The number of rotatable bonds is 2. The number of ether oxygens (including phenoxy) is 1. The Labute approximate surface area is 102 Å². The van der Waals surface area contributed by atoms with Crippen LogP contribution in [0.5, 0.6) is 5.75 Å². The van der Waals surface area contributed by atoms with Crippen LogP contribution in [0.1, 0.15) is 32.1 Å². The van der Waals surface area contributed by atoms with Gasteiger partial charge in [-0.2, -0.15) is 0 Å². The summed E-state index contributed by atoms with van der Waals surface area (Å²) in [5, 5.41) is 0.666. The predicted molar refractivity (Wildman–Crippen MR) is 66.9 cm³/mol. The summed E-state index contributed by atoms with van der Waals surface area (Å²) in [7, 11) is 0. The highest BCUT2D eigenvalue weighted by atomic mass is 35.5. The van der Waals surface area contributed by atoms with Gasteiger partial charge in [0.2, 0.25) is 0 Å². The van der Waals surface area contributed by atoms with Crippen LogP contribution in [-0.4, -0.2) is 12.1 Å². The molecule has 2 rings (SSSR count). The Morgan fingerprint density at radius 2 is 1.88 bits per heavy atom. The summed E-state index contributed by atoms with van der Waals surface area (Å²) in [6, 6.07) is 7.73. The van der Waals surface area contributed by atoms with Gasteiger partial charge in [0.15, 0.2) is 0 Å². The molecule has 1 aromatic rings. The lowest BCUT2D eigenvalue weighted by atomic mass is 10.1. The molecule has 0 heterocycles. The molecule has 0 unspecified atom stereocenters. The van der Waals surface area contributed by atoms with E-state index in [9.17, 15) is 0 Å². The van der Waals surface area contributed by atoms with Crippen LogP contribution in [0, 0.1) is 0 Å². The molecule has 3 heteroatoms. The van der Waals surface area contributed by atoms with Crippen molar-refractivity contribution in [1.29, 1.82) is 0 Å². The molecule has 1 aromatic carbocycles. The first-order valence-electron chi connectivity index (χ1n) is 5.94. The van der Waals surface area contributed by atoms with Gasteiger partial charge in [-0.1, -0.05) is 36.6 Å². The van der Waals surface area contributed by atoms with Crippen LogP contribution in [0.15, 0.2) is 24.3 Å². The molecule has 0 aliphatic heterocycles. The third-order valence-electron chi connectivity index (χ3n) is 3.12. The van der Waals surface area contributed by atoms with Gasteiger partial charge in [0.05, 0.1) is 5.02 Å². The molecule has 2 N–H and O–H groups in total. The lowest BCUT2D eigenvalue weighted by molar-refractivity contribution is 0.163. The fraction of sp³-hybridized carbons (Fsp3) is 0.538. The summed E-state index contributed by atoms with van der Waals surface area (Å²) in [5.74, 6) is 0.756. The highest BCUT2D eigenvalue weighted by molar-refractivity contribution is 6.32. The number of hydrogen-bond donors (Lipinski definition) is 1. The summed E-state index contributed by atoms with van der Waals surface area (Å²) in [5.41, 5.74) is 6.11. The van der Waals surface area contributed by atoms with Crippen LogP contribution in [0.4, 0.5) is 0 Å². The van der Waals surface area contributed by atoms with E-state index in [4.69, 9.17) is 22.1 Å². The minimum absolute atomic E-state index is 0.113. The maximum atomic E-state index is 6.11. The first kappa shape index (κ1) is 11.7.